The van der Waals surface area contributed by atoms with E-state index in [9.17, 15) is 14.0 Å². The lowest BCUT2D eigenvalue weighted by Crippen LogP contribution is -2.21. The molecule has 0 amide bonds. The van der Waals surface area contributed by atoms with Crippen molar-refractivity contribution >= 4 is 28.8 Å². The summed E-state index contributed by atoms with van der Waals surface area (Å²) in [5.74, 6) is -2.16. The largest absolute Gasteiger partial charge is 0.493 e. The van der Waals surface area contributed by atoms with Crippen LogP contribution in [0.15, 0.2) is 55.8 Å². The summed E-state index contributed by atoms with van der Waals surface area (Å²) in [6.45, 7) is 1.66. The molecule has 124 valence electrons. The maximum absolute atomic E-state index is 14.4. The van der Waals surface area contributed by atoms with Crippen LogP contribution >= 0.6 is 11.3 Å². The number of Topliss-reactive ketones (excluding diaryl/α,β-unsaturated/α-hetero) is 1. The van der Waals surface area contributed by atoms with Crippen LogP contribution in [0.4, 0.5) is 4.39 Å². The number of rotatable bonds is 5. The van der Waals surface area contributed by atoms with Gasteiger partial charge in [0.05, 0.1) is 24.8 Å². The molecule has 1 aromatic rings. The third-order valence-electron chi connectivity index (χ3n) is 3.92. The van der Waals surface area contributed by atoms with Crippen molar-refractivity contribution in [2.75, 3.05) is 7.11 Å². The first kappa shape index (κ1) is 16.3. The van der Waals surface area contributed by atoms with Gasteiger partial charge < -0.3 is 9.84 Å². The zero-order valence-corrected chi connectivity index (χ0v) is 13.9. The molecule has 24 heavy (non-hydrogen) atoms. The van der Waals surface area contributed by atoms with Gasteiger partial charge in [-0.2, -0.15) is 11.3 Å². The van der Waals surface area contributed by atoms with Gasteiger partial charge in [-0.25, -0.2) is 4.39 Å². The van der Waals surface area contributed by atoms with Crippen LogP contribution in [0, 0.1) is 0 Å². The normalized spacial score (nSPS) is 17.2. The number of carbonyl (C=O) groups is 2. The number of halogens is 1. The maximum Gasteiger partial charge on any atom is 0.307 e. The molecule has 0 fully saturated rings. The van der Waals surface area contributed by atoms with Crippen molar-refractivity contribution in [2.45, 2.75) is 19.8 Å². The van der Waals surface area contributed by atoms with Crippen molar-refractivity contribution in [2.24, 2.45) is 4.99 Å². The number of carbonyl (C=O) groups excluding carboxylic acids is 1. The highest BCUT2D eigenvalue weighted by molar-refractivity contribution is 7.08. The second kappa shape index (κ2) is 6.16. The van der Waals surface area contributed by atoms with Gasteiger partial charge in [0, 0.05) is 28.6 Å². The lowest BCUT2D eigenvalue weighted by atomic mass is 9.85. The van der Waals surface area contributed by atoms with Gasteiger partial charge in [0.15, 0.2) is 11.5 Å². The van der Waals surface area contributed by atoms with Gasteiger partial charge in [0.25, 0.3) is 0 Å². The molecule has 5 nitrogen and oxygen atoms in total. The number of nitrogens with zero attached hydrogens (tertiary/aromatic N) is 1. The number of carboxylic acid groups (broad SMARTS) is 1. The van der Waals surface area contributed by atoms with E-state index in [1.54, 1.807) is 23.8 Å². The Bertz CT molecular complexity index is 859. The number of thiophene rings is 1. The average Bonchev–Trinajstić information content (AvgIpc) is 3.14. The zero-order valence-electron chi connectivity index (χ0n) is 13.1. The third kappa shape index (κ3) is 2.60. The summed E-state index contributed by atoms with van der Waals surface area (Å²) in [6, 6.07) is 1.64. The molecule has 1 aromatic heterocycles. The van der Waals surface area contributed by atoms with Crippen molar-refractivity contribution in [1.29, 1.82) is 0 Å². The first-order chi connectivity index (χ1) is 11.4. The van der Waals surface area contributed by atoms with E-state index in [0.29, 0.717) is 28.1 Å². The van der Waals surface area contributed by atoms with Crippen molar-refractivity contribution in [3.05, 3.63) is 56.4 Å². The molecule has 2 heterocycles. The number of methoxy groups -OCH3 is 1. The highest BCUT2D eigenvalue weighted by Crippen LogP contribution is 2.41. The van der Waals surface area contributed by atoms with Gasteiger partial charge >= 0.3 is 5.97 Å². The standard InChI is InChI=1S/C17H14FNO4S/c1-8-10(5-13(20)21)14-12(19-8)6-11(18)17(23-2)15(14)16(22)9-3-4-24-7-9/h3-4,7H,5-6H2,1-2H3,(H,20,21). The van der Waals surface area contributed by atoms with E-state index in [2.05, 4.69) is 4.99 Å². The number of aliphatic carboxylic acids is 1. The molecule has 1 N–H and O–H groups in total. The lowest BCUT2D eigenvalue weighted by molar-refractivity contribution is -0.136. The topological polar surface area (TPSA) is 76.0 Å². The number of ketones is 1. The molecular weight excluding hydrogens is 333 g/mol. The minimum atomic E-state index is -1.04. The van der Waals surface area contributed by atoms with Crippen LogP contribution in [-0.4, -0.2) is 29.7 Å². The van der Waals surface area contributed by atoms with E-state index in [1.165, 1.54) is 18.4 Å². The molecule has 1 aliphatic carbocycles. The van der Waals surface area contributed by atoms with Gasteiger partial charge in [-0.1, -0.05) is 0 Å². The summed E-state index contributed by atoms with van der Waals surface area (Å²) < 4.78 is 19.5. The van der Waals surface area contributed by atoms with E-state index in [-0.39, 0.29) is 24.2 Å². The van der Waals surface area contributed by atoms with Crippen LogP contribution in [-0.2, 0) is 9.53 Å². The predicted molar refractivity (Wildman–Crippen MR) is 87.8 cm³/mol. The molecule has 0 atom stereocenters. The van der Waals surface area contributed by atoms with Crippen LogP contribution in [0.1, 0.15) is 30.1 Å². The molecule has 0 aromatic carbocycles. The van der Waals surface area contributed by atoms with E-state index in [4.69, 9.17) is 9.84 Å². The first-order valence-corrected chi connectivity index (χ1v) is 8.12. The monoisotopic (exact) mass is 347 g/mol. The Morgan fingerprint density at radius 1 is 1.46 bits per heavy atom. The number of aliphatic imine (C=N–C) groups is 1. The van der Waals surface area contributed by atoms with E-state index >= 15 is 0 Å². The molecular formula is C17H14FNO4S. The van der Waals surface area contributed by atoms with Crippen molar-refractivity contribution in [1.82, 2.24) is 0 Å². The van der Waals surface area contributed by atoms with Crippen molar-refractivity contribution in [3.63, 3.8) is 0 Å². The van der Waals surface area contributed by atoms with Crippen molar-refractivity contribution < 1.29 is 23.8 Å². The summed E-state index contributed by atoms with van der Waals surface area (Å²) >= 11 is 1.35. The molecule has 1 aliphatic heterocycles. The highest BCUT2D eigenvalue weighted by Gasteiger charge is 2.37. The number of allylic oxidation sites excluding steroid dienone is 4. The van der Waals surface area contributed by atoms with Crippen LogP contribution < -0.4 is 0 Å². The van der Waals surface area contributed by atoms with E-state index < -0.39 is 17.6 Å². The molecule has 7 heteroatoms. The summed E-state index contributed by atoms with van der Waals surface area (Å²) in [7, 11) is 1.29. The van der Waals surface area contributed by atoms with Crippen molar-refractivity contribution in [3.8, 4) is 0 Å². The molecule has 0 spiro atoms. The van der Waals surface area contributed by atoms with E-state index in [1.807, 2.05) is 0 Å². The summed E-state index contributed by atoms with van der Waals surface area (Å²) in [4.78, 5) is 28.4. The van der Waals surface area contributed by atoms with Crippen LogP contribution in [0.3, 0.4) is 0 Å². The van der Waals surface area contributed by atoms with Crippen LogP contribution in [0.2, 0.25) is 0 Å². The molecule has 2 aliphatic rings. The minimum absolute atomic E-state index is 0.0477. The maximum atomic E-state index is 14.4. The predicted octanol–water partition coefficient (Wildman–Crippen LogP) is 3.66. The molecule has 3 rings (SSSR count). The first-order valence-electron chi connectivity index (χ1n) is 7.18. The molecule has 0 bridgehead atoms. The summed E-state index contributed by atoms with van der Waals surface area (Å²) in [6.07, 6.45) is -0.396. The van der Waals surface area contributed by atoms with Gasteiger partial charge in [0.1, 0.15) is 5.83 Å². The molecule has 0 saturated carbocycles. The van der Waals surface area contributed by atoms with Crippen LogP contribution in [0.5, 0.6) is 0 Å². The Balaban J connectivity index is 2.23. The van der Waals surface area contributed by atoms with Crippen LogP contribution in [0.25, 0.3) is 0 Å². The second-order valence-corrected chi connectivity index (χ2v) is 6.18. The van der Waals surface area contributed by atoms with Gasteiger partial charge in [-0.15, -0.1) is 0 Å². The quantitative estimate of drug-likeness (QED) is 0.825. The summed E-state index contributed by atoms with van der Waals surface area (Å²) in [5, 5.41) is 12.6. The Morgan fingerprint density at radius 3 is 2.79 bits per heavy atom. The Kier molecular flexibility index (Phi) is 4.19. The Morgan fingerprint density at radius 2 is 2.21 bits per heavy atom. The number of ether oxygens (including phenoxy) is 1. The zero-order chi connectivity index (χ0) is 17.4. The van der Waals surface area contributed by atoms with Gasteiger partial charge in [-0.3, -0.25) is 14.6 Å². The highest BCUT2D eigenvalue weighted by atomic mass is 32.1. The third-order valence-corrected chi connectivity index (χ3v) is 4.60. The minimum Gasteiger partial charge on any atom is -0.493 e. The fourth-order valence-electron chi connectivity index (χ4n) is 2.92. The SMILES string of the molecule is COC1=C(F)CC2=NC(C)=C(CC(=O)O)C2=C1C(=O)c1ccsc1. The Labute approximate surface area is 141 Å². The summed E-state index contributed by atoms with van der Waals surface area (Å²) in [5.41, 5.74) is 2.14. The smallest absolute Gasteiger partial charge is 0.307 e. The number of hydrogen-bond acceptors (Lipinski definition) is 5. The van der Waals surface area contributed by atoms with Gasteiger partial charge in [-0.05, 0) is 23.9 Å². The fourth-order valence-corrected chi connectivity index (χ4v) is 3.55. The number of carboxylic acids is 1. The number of fused-ring (bicyclic) bond motifs is 1. The molecule has 0 saturated heterocycles. The fraction of sp³-hybridized carbons (Fsp3) is 0.235. The number of hydrogen-bond donors (Lipinski definition) is 1. The average molecular weight is 347 g/mol. The van der Waals surface area contributed by atoms with E-state index in [0.717, 1.165) is 0 Å². The molecule has 0 unspecified atom stereocenters. The molecule has 0 radical (unpaired) electrons. The second-order valence-electron chi connectivity index (χ2n) is 5.40. The Hall–Kier alpha value is -2.54. The van der Waals surface area contributed by atoms with Gasteiger partial charge in [0.2, 0.25) is 0 Å². The lowest BCUT2D eigenvalue weighted by Gasteiger charge is -2.21.